The summed E-state index contributed by atoms with van der Waals surface area (Å²) in [5.41, 5.74) is 0.615. The van der Waals surface area contributed by atoms with Crippen molar-refractivity contribution in [2.45, 2.75) is 51.9 Å². The summed E-state index contributed by atoms with van der Waals surface area (Å²) in [5.74, 6) is 6.18. The van der Waals surface area contributed by atoms with E-state index in [1.54, 1.807) is 25.1 Å². The van der Waals surface area contributed by atoms with Gasteiger partial charge in [-0.05, 0) is 43.9 Å². The van der Waals surface area contributed by atoms with Gasteiger partial charge < -0.3 is 24.8 Å². The van der Waals surface area contributed by atoms with E-state index in [-0.39, 0.29) is 25.2 Å². The van der Waals surface area contributed by atoms with Gasteiger partial charge in [-0.2, -0.15) is 0 Å². The van der Waals surface area contributed by atoms with Crippen molar-refractivity contribution in [3.63, 3.8) is 0 Å². The predicted octanol–water partition coefficient (Wildman–Crippen LogP) is 1.43. The third kappa shape index (κ3) is 5.37. The number of carbonyl (C=O) groups is 3. The van der Waals surface area contributed by atoms with E-state index < -0.39 is 24.2 Å². The van der Waals surface area contributed by atoms with Crippen molar-refractivity contribution in [1.29, 1.82) is 0 Å². The second kappa shape index (κ2) is 10.7. The summed E-state index contributed by atoms with van der Waals surface area (Å²) < 4.78 is 15.6. The number of imide groups is 1. The van der Waals surface area contributed by atoms with E-state index in [9.17, 15) is 14.4 Å². The molecule has 2 N–H and O–H groups in total. The second-order valence-corrected chi connectivity index (χ2v) is 7.38. The third-order valence-corrected chi connectivity index (χ3v) is 5.32. The molecule has 2 atom stereocenters. The van der Waals surface area contributed by atoms with Gasteiger partial charge in [0, 0.05) is 11.6 Å². The first-order valence-corrected chi connectivity index (χ1v) is 10.9. The van der Waals surface area contributed by atoms with E-state index in [1.807, 2.05) is 13.8 Å². The van der Waals surface area contributed by atoms with Gasteiger partial charge in [-0.15, -0.1) is 0 Å². The summed E-state index contributed by atoms with van der Waals surface area (Å²) in [6.45, 7) is 5.65. The number of ether oxygens (including phenoxy) is 3. The zero-order chi connectivity index (χ0) is 24.0. The molecule has 2 aliphatic heterocycles. The van der Waals surface area contributed by atoms with Crippen LogP contribution >= 0.6 is 0 Å². The molecule has 0 saturated carbocycles. The number of benzene rings is 1. The first-order chi connectivity index (χ1) is 15.9. The van der Waals surface area contributed by atoms with Crippen LogP contribution in [0.3, 0.4) is 0 Å². The van der Waals surface area contributed by atoms with Crippen LogP contribution in [0.25, 0.3) is 0 Å². The molecule has 3 amide bonds. The molecule has 1 aromatic rings. The van der Waals surface area contributed by atoms with E-state index in [1.165, 1.54) is 12.0 Å². The van der Waals surface area contributed by atoms with Crippen LogP contribution in [0.5, 0.6) is 11.5 Å². The highest BCUT2D eigenvalue weighted by molar-refractivity contribution is 6.08. The minimum absolute atomic E-state index is 0.160. The Labute approximate surface area is 192 Å². The molecule has 0 radical (unpaired) electrons. The number of fused-ring (bicyclic) bond motifs is 1. The van der Waals surface area contributed by atoms with Crippen LogP contribution in [-0.4, -0.2) is 67.2 Å². The maximum absolute atomic E-state index is 12.9. The van der Waals surface area contributed by atoms with E-state index in [0.29, 0.717) is 35.7 Å². The van der Waals surface area contributed by atoms with Crippen molar-refractivity contribution < 1.29 is 28.6 Å². The molecular formula is C23H28N4O6. The van der Waals surface area contributed by atoms with Gasteiger partial charge in [0.1, 0.15) is 6.04 Å². The molecule has 3 rings (SSSR count). The van der Waals surface area contributed by atoms with E-state index in [4.69, 9.17) is 14.2 Å². The fourth-order valence-electron chi connectivity index (χ4n) is 3.64. The van der Waals surface area contributed by atoms with E-state index >= 15 is 0 Å². The zero-order valence-corrected chi connectivity index (χ0v) is 19.1. The second-order valence-electron chi connectivity index (χ2n) is 7.38. The van der Waals surface area contributed by atoms with Crippen molar-refractivity contribution in [2.75, 3.05) is 20.3 Å². The van der Waals surface area contributed by atoms with Gasteiger partial charge in [0.05, 0.1) is 13.7 Å². The number of carbonyl (C=O) groups excluding carboxylic acids is 3. The maximum atomic E-state index is 12.9. The molecule has 10 nitrogen and oxygen atoms in total. The molecule has 33 heavy (non-hydrogen) atoms. The third-order valence-electron chi connectivity index (χ3n) is 5.32. The SMILES string of the molecule is CCOC(=O)COc1ccc(C#CC2=NC3NC(=O)N(C(CC)CC)C(=O)C3N2)cc1OC. The van der Waals surface area contributed by atoms with Crippen molar-refractivity contribution in [2.24, 2.45) is 4.99 Å². The minimum Gasteiger partial charge on any atom is -0.493 e. The topological polar surface area (TPSA) is 119 Å². The lowest BCUT2D eigenvalue weighted by atomic mass is 10.1. The first kappa shape index (κ1) is 23.9. The molecule has 0 spiro atoms. The van der Waals surface area contributed by atoms with Gasteiger partial charge in [-0.3, -0.25) is 9.69 Å². The molecule has 0 bridgehead atoms. The molecule has 10 heteroatoms. The van der Waals surface area contributed by atoms with Crippen LogP contribution in [0.15, 0.2) is 23.2 Å². The Bertz CT molecular complexity index is 1010. The molecule has 176 valence electrons. The highest BCUT2D eigenvalue weighted by atomic mass is 16.6. The predicted molar refractivity (Wildman–Crippen MR) is 120 cm³/mol. The highest BCUT2D eigenvalue weighted by Gasteiger charge is 2.46. The Morgan fingerprint density at radius 3 is 2.58 bits per heavy atom. The average Bonchev–Trinajstić information content (AvgIpc) is 3.22. The number of esters is 1. The minimum atomic E-state index is -0.687. The van der Waals surface area contributed by atoms with Crippen LogP contribution < -0.4 is 20.1 Å². The lowest BCUT2D eigenvalue weighted by Crippen LogP contribution is -2.66. The van der Waals surface area contributed by atoms with Crippen molar-refractivity contribution in [1.82, 2.24) is 15.5 Å². The molecule has 2 unspecified atom stereocenters. The van der Waals surface area contributed by atoms with Crippen LogP contribution in [0.1, 0.15) is 39.2 Å². The summed E-state index contributed by atoms with van der Waals surface area (Å²) in [6.07, 6.45) is 0.678. The standard InChI is InChI=1S/C23H28N4O6/c1-5-15(6-2)27-22(29)20-21(26-23(27)30)25-18(24-20)11-9-14-8-10-16(17(12-14)31-4)33-13-19(28)32-7-3/h8,10,12,15,20-21H,5-7,13H2,1-4H3,(H,24,25)(H,26,30). The Balaban J connectivity index is 1.70. The Morgan fingerprint density at radius 2 is 1.91 bits per heavy atom. The fourth-order valence-corrected chi connectivity index (χ4v) is 3.64. The van der Waals surface area contributed by atoms with Crippen LogP contribution in [-0.2, 0) is 14.3 Å². The van der Waals surface area contributed by atoms with Crippen molar-refractivity contribution >= 4 is 23.7 Å². The lowest BCUT2D eigenvalue weighted by Gasteiger charge is -2.36. The molecule has 0 aromatic heterocycles. The lowest BCUT2D eigenvalue weighted by molar-refractivity contribution is -0.145. The number of nitrogens with one attached hydrogen (secondary N) is 2. The molecule has 1 saturated heterocycles. The van der Waals surface area contributed by atoms with E-state index in [2.05, 4.69) is 27.5 Å². The van der Waals surface area contributed by atoms with Gasteiger partial charge in [0.25, 0.3) is 5.91 Å². The quantitative estimate of drug-likeness (QED) is 0.449. The van der Waals surface area contributed by atoms with Gasteiger partial charge >= 0.3 is 12.0 Å². The number of aliphatic imine (C=N–C) groups is 1. The summed E-state index contributed by atoms with van der Waals surface area (Å²) >= 11 is 0. The first-order valence-electron chi connectivity index (χ1n) is 10.9. The molecule has 2 aliphatic rings. The molecule has 1 aromatic carbocycles. The number of urea groups is 1. The summed E-state index contributed by atoms with van der Waals surface area (Å²) in [6, 6.07) is 3.74. The molecule has 0 aliphatic carbocycles. The van der Waals surface area contributed by atoms with Gasteiger partial charge in [0.15, 0.2) is 30.1 Å². The van der Waals surface area contributed by atoms with Crippen molar-refractivity contribution in [3.8, 4) is 23.3 Å². The Morgan fingerprint density at radius 1 is 1.15 bits per heavy atom. The number of methoxy groups -OCH3 is 1. The van der Waals surface area contributed by atoms with Crippen LogP contribution in [0.4, 0.5) is 4.79 Å². The smallest absolute Gasteiger partial charge is 0.344 e. The number of hydrogen-bond acceptors (Lipinski definition) is 8. The summed E-state index contributed by atoms with van der Waals surface area (Å²) in [4.78, 5) is 42.4. The largest absolute Gasteiger partial charge is 0.493 e. The highest BCUT2D eigenvalue weighted by Crippen LogP contribution is 2.28. The Hall–Kier alpha value is -3.74. The summed E-state index contributed by atoms with van der Waals surface area (Å²) in [7, 11) is 1.48. The average molecular weight is 456 g/mol. The van der Waals surface area contributed by atoms with Gasteiger partial charge in [0.2, 0.25) is 0 Å². The summed E-state index contributed by atoms with van der Waals surface area (Å²) in [5, 5.41) is 5.78. The normalized spacial score (nSPS) is 19.1. The number of rotatable bonds is 8. The van der Waals surface area contributed by atoms with Gasteiger partial charge in [-0.25, -0.2) is 14.6 Å². The number of amides is 3. The number of amidine groups is 1. The zero-order valence-electron chi connectivity index (χ0n) is 19.1. The Kier molecular flexibility index (Phi) is 7.77. The van der Waals surface area contributed by atoms with Crippen LogP contribution in [0.2, 0.25) is 0 Å². The van der Waals surface area contributed by atoms with Crippen molar-refractivity contribution in [3.05, 3.63) is 23.8 Å². The van der Waals surface area contributed by atoms with Crippen LogP contribution in [0, 0.1) is 11.8 Å². The fraction of sp³-hybridized carbons (Fsp3) is 0.478. The van der Waals surface area contributed by atoms with Gasteiger partial charge in [-0.1, -0.05) is 19.8 Å². The molecule has 1 fully saturated rings. The van der Waals surface area contributed by atoms with E-state index in [0.717, 1.165) is 0 Å². The maximum Gasteiger partial charge on any atom is 0.344 e. The molecule has 2 heterocycles. The number of nitrogens with zero attached hydrogens (tertiary/aromatic N) is 2. The molecular weight excluding hydrogens is 428 g/mol. The number of hydrogen-bond donors (Lipinski definition) is 2. The monoisotopic (exact) mass is 456 g/mol.